The molecular formula is C29H41N3O2. The van der Waals surface area contributed by atoms with Crippen molar-refractivity contribution in [3.05, 3.63) is 59.9 Å². The van der Waals surface area contributed by atoms with Crippen molar-refractivity contribution in [3.8, 4) is 5.75 Å². The average Bonchev–Trinajstić information content (AvgIpc) is 3.22. The summed E-state index contributed by atoms with van der Waals surface area (Å²) >= 11 is 0. The number of fused-ring (bicyclic) bond motifs is 1. The number of benzene rings is 2. The van der Waals surface area contributed by atoms with Crippen LogP contribution in [0.15, 0.2) is 48.5 Å². The number of amides is 1. The van der Waals surface area contributed by atoms with Crippen molar-refractivity contribution in [2.45, 2.75) is 90.6 Å². The van der Waals surface area contributed by atoms with Gasteiger partial charge in [-0.05, 0) is 43.2 Å². The standard InChI is InChI=1S/C29H41N3O2/c1-4-5-6-7-8-9-10-11-14-21-32-27-16-13-12-15-26(27)31-29(32)23(2)30-28(33)22-24-17-19-25(34-3)20-18-24/h12-13,15-20,23H,4-11,14,21-22H2,1-3H3,(H,30,33). The van der Waals surface area contributed by atoms with E-state index in [2.05, 4.69) is 35.0 Å². The summed E-state index contributed by atoms with van der Waals surface area (Å²) < 4.78 is 7.50. The quantitative estimate of drug-likeness (QED) is 0.247. The third-order valence-electron chi connectivity index (χ3n) is 6.46. The summed E-state index contributed by atoms with van der Waals surface area (Å²) in [4.78, 5) is 17.6. The fraction of sp³-hybridized carbons (Fsp3) is 0.517. The van der Waals surface area contributed by atoms with Crippen molar-refractivity contribution in [3.63, 3.8) is 0 Å². The van der Waals surface area contributed by atoms with Gasteiger partial charge in [0.25, 0.3) is 0 Å². The van der Waals surface area contributed by atoms with Crippen molar-refractivity contribution in [1.82, 2.24) is 14.9 Å². The Balaban J connectivity index is 1.56. The fourth-order valence-corrected chi connectivity index (χ4v) is 4.53. The minimum Gasteiger partial charge on any atom is -0.497 e. The number of nitrogens with zero attached hydrogens (tertiary/aromatic N) is 2. The van der Waals surface area contributed by atoms with E-state index in [1.165, 1.54) is 51.4 Å². The van der Waals surface area contributed by atoms with E-state index < -0.39 is 0 Å². The van der Waals surface area contributed by atoms with Crippen LogP contribution in [0.25, 0.3) is 11.0 Å². The highest BCUT2D eigenvalue weighted by atomic mass is 16.5. The third-order valence-corrected chi connectivity index (χ3v) is 6.46. The molecule has 1 unspecified atom stereocenters. The summed E-state index contributed by atoms with van der Waals surface area (Å²) in [6.45, 7) is 5.23. The number of imidazole rings is 1. The zero-order valence-corrected chi connectivity index (χ0v) is 21.2. The van der Waals surface area contributed by atoms with Crippen molar-refractivity contribution in [2.24, 2.45) is 0 Å². The molecule has 34 heavy (non-hydrogen) atoms. The van der Waals surface area contributed by atoms with Gasteiger partial charge in [0.05, 0.1) is 30.6 Å². The Morgan fingerprint density at radius 3 is 2.26 bits per heavy atom. The summed E-state index contributed by atoms with van der Waals surface area (Å²) in [5, 5.41) is 3.16. The highest BCUT2D eigenvalue weighted by Crippen LogP contribution is 2.22. The van der Waals surface area contributed by atoms with Gasteiger partial charge < -0.3 is 14.6 Å². The van der Waals surface area contributed by atoms with Gasteiger partial charge in [0.2, 0.25) is 5.91 Å². The Kier molecular flexibility index (Phi) is 10.5. The van der Waals surface area contributed by atoms with Crippen molar-refractivity contribution in [2.75, 3.05) is 7.11 Å². The predicted octanol–water partition coefficient (Wildman–Crippen LogP) is 7.00. The first kappa shape index (κ1) is 25.8. The van der Waals surface area contributed by atoms with Crippen LogP contribution in [0.2, 0.25) is 0 Å². The Bertz CT molecular complexity index is 1010. The van der Waals surface area contributed by atoms with Crippen molar-refractivity contribution < 1.29 is 9.53 Å². The van der Waals surface area contributed by atoms with E-state index in [0.717, 1.165) is 41.1 Å². The van der Waals surface area contributed by atoms with Gasteiger partial charge in [-0.3, -0.25) is 4.79 Å². The minimum atomic E-state index is -0.156. The molecule has 1 aromatic heterocycles. The zero-order chi connectivity index (χ0) is 24.2. The molecule has 1 heterocycles. The fourth-order valence-electron chi connectivity index (χ4n) is 4.53. The van der Waals surface area contributed by atoms with Gasteiger partial charge in [-0.2, -0.15) is 0 Å². The molecule has 1 amide bonds. The van der Waals surface area contributed by atoms with Gasteiger partial charge in [0.15, 0.2) is 0 Å². The number of ether oxygens (including phenoxy) is 1. The minimum absolute atomic E-state index is 0.000606. The molecular weight excluding hydrogens is 422 g/mol. The molecule has 0 aliphatic rings. The molecule has 1 N–H and O–H groups in total. The molecule has 0 aliphatic carbocycles. The third kappa shape index (κ3) is 7.61. The van der Waals surface area contributed by atoms with Gasteiger partial charge in [0, 0.05) is 6.54 Å². The van der Waals surface area contributed by atoms with Crippen LogP contribution in [-0.4, -0.2) is 22.6 Å². The lowest BCUT2D eigenvalue weighted by Gasteiger charge is -2.16. The van der Waals surface area contributed by atoms with Crippen molar-refractivity contribution >= 4 is 16.9 Å². The topological polar surface area (TPSA) is 56.2 Å². The second-order valence-corrected chi connectivity index (χ2v) is 9.25. The van der Waals surface area contributed by atoms with Gasteiger partial charge in [-0.25, -0.2) is 4.98 Å². The van der Waals surface area contributed by atoms with Crippen LogP contribution < -0.4 is 10.1 Å². The monoisotopic (exact) mass is 463 g/mol. The van der Waals surface area contributed by atoms with Crippen LogP contribution in [0.4, 0.5) is 0 Å². The lowest BCUT2D eigenvalue weighted by atomic mass is 10.1. The predicted molar refractivity (Wildman–Crippen MR) is 140 cm³/mol. The highest BCUT2D eigenvalue weighted by molar-refractivity contribution is 5.79. The van der Waals surface area contributed by atoms with Crippen LogP contribution in [0.3, 0.4) is 0 Å². The van der Waals surface area contributed by atoms with Gasteiger partial charge in [-0.1, -0.05) is 82.6 Å². The molecule has 0 aliphatic heterocycles. The number of rotatable bonds is 15. The van der Waals surface area contributed by atoms with Crippen molar-refractivity contribution in [1.29, 1.82) is 0 Å². The van der Waals surface area contributed by atoms with Crippen LogP contribution >= 0.6 is 0 Å². The number of carbonyl (C=O) groups is 1. The SMILES string of the molecule is CCCCCCCCCCCn1c(C(C)NC(=O)Cc2ccc(OC)cc2)nc2ccccc21. The maximum atomic E-state index is 12.7. The first-order chi connectivity index (χ1) is 16.6. The molecule has 5 heteroatoms. The highest BCUT2D eigenvalue weighted by Gasteiger charge is 2.18. The van der Waals surface area contributed by atoms with E-state index in [9.17, 15) is 4.79 Å². The summed E-state index contributed by atoms with van der Waals surface area (Å²) in [5.41, 5.74) is 3.10. The van der Waals surface area contributed by atoms with E-state index in [1.54, 1.807) is 7.11 Å². The van der Waals surface area contributed by atoms with Crippen LogP contribution in [0, 0.1) is 0 Å². The van der Waals surface area contributed by atoms with E-state index in [-0.39, 0.29) is 11.9 Å². The van der Waals surface area contributed by atoms with Gasteiger partial charge >= 0.3 is 0 Å². The van der Waals surface area contributed by atoms with Gasteiger partial charge in [0.1, 0.15) is 11.6 Å². The maximum Gasteiger partial charge on any atom is 0.224 e. The summed E-state index contributed by atoms with van der Waals surface area (Å²) in [6.07, 6.45) is 12.1. The van der Waals surface area contributed by atoms with Crippen LogP contribution in [0.5, 0.6) is 5.75 Å². The number of hydrogen-bond acceptors (Lipinski definition) is 3. The molecule has 1 atom stereocenters. The van der Waals surface area contributed by atoms with E-state index >= 15 is 0 Å². The lowest BCUT2D eigenvalue weighted by Crippen LogP contribution is -2.30. The number of aryl methyl sites for hydroxylation is 1. The molecule has 2 aromatic carbocycles. The molecule has 184 valence electrons. The number of unbranched alkanes of at least 4 members (excludes halogenated alkanes) is 8. The largest absolute Gasteiger partial charge is 0.497 e. The number of para-hydroxylation sites is 2. The zero-order valence-electron chi connectivity index (χ0n) is 21.2. The maximum absolute atomic E-state index is 12.7. The summed E-state index contributed by atoms with van der Waals surface area (Å²) in [5.74, 6) is 1.73. The molecule has 3 aromatic rings. The molecule has 0 saturated carbocycles. The Morgan fingerprint density at radius 1 is 0.941 bits per heavy atom. The smallest absolute Gasteiger partial charge is 0.224 e. The first-order valence-corrected chi connectivity index (χ1v) is 13.0. The normalized spacial score (nSPS) is 12.1. The number of methoxy groups -OCH3 is 1. The summed E-state index contributed by atoms with van der Waals surface area (Å²) in [6, 6.07) is 15.7. The summed E-state index contributed by atoms with van der Waals surface area (Å²) in [7, 11) is 1.64. The number of nitrogens with one attached hydrogen (secondary N) is 1. The number of aromatic nitrogens is 2. The van der Waals surface area contributed by atoms with Crippen LogP contribution in [0.1, 0.15) is 89.1 Å². The first-order valence-electron chi connectivity index (χ1n) is 13.0. The Labute approximate surface area is 204 Å². The Hall–Kier alpha value is -2.82. The lowest BCUT2D eigenvalue weighted by molar-refractivity contribution is -0.121. The molecule has 0 saturated heterocycles. The number of hydrogen-bond donors (Lipinski definition) is 1. The second kappa shape index (κ2) is 13.8. The van der Waals surface area contributed by atoms with Crippen LogP contribution in [-0.2, 0) is 17.8 Å². The molecule has 0 radical (unpaired) electrons. The average molecular weight is 464 g/mol. The Morgan fingerprint density at radius 2 is 1.59 bits per heavy atom. The van der Waals surface area contributed by atoms with E-state index in [0.29, 0.717) is 6.42 Å². The van der Waals surface area contributed by atoms with E-state index in [1.807, 2.05) is 37.3 Å². The molecule has 3 rings (SSSR count). The van der Waals surface area contributed by atoms with Gasteiger partial charge in [-0.15, -0.1) is 0 Å². The molecule has 0 bridgehead atoms. The van der Waals surface area contributed by atoms with E-state index in [4.69, 9.17) is 9.72 Å². The molecule has 0 spiro atoms. The molecule has 0 fully saturated rings. The molecule has 5 nitrogen and oxygen atoms in total. The second-order valence-electron chi connectivity index (χ2n) is 9.25. The number of carbonyl (C=O) groups excluding carboxylic acids is 1.